The van der Waals surface area contributed by atoms with E-state index in [9.17, 15) is 9.59 Å². The molecule has 1 saturated heterocycles. The second-order valence-electron chi connectivity index (χ2n) is 5.05. The Morgan fingerprint density at radius 3 is 2.59 bits per heavy atom. The van der Waals surface area contributed by atoms with Crippen molar-refractivity contribution >= 4 is 34.6 Å². The van der Waals surface area contributed by atoms with Gasteiger partial charge in [0.15, 0.2) is 11.6 Å². The van der Waals surface area contributed by atoms with Crippen molar-refractivity contribution in [3.05, 3.63) is 16.3 Å². The van der Waals surface area contributed by atoms with E-state index >= 15 is 0 Å². The van der Waals surface area contributed by atoms with Gasteiger partial charge in [0, 0.05) is 33.1 Å². The number of methoxy groups -OCH3 is 1. The van der Waals surface area contributed by atoms with Gasteiger partial charge in [0.05, 0.1) is 12.8 Å². The number of anilines is 1. The average molecular weight is 324 g/mol. The van der Waals surface area contributed by atoms with Crippen LogP contribution in [0.15, 0.2) is 16.5 Å². The second-order valence-corrected chi connectivity index (χ2v) is 5.96. The molecule has 8 heteroatoms. The third-order valence-corrected chi connectivity index (χ3v) is 4.33. The van der Waals surface area contributed by atoms with E-state index in [-0.39, 0.29) is 5.78 Å². The Hall–Kier alpha value is -1.93. The number of rotatable bonds is 4. The van der Waals surface area contributed by atoms with E-state index < -0.39 is 5.97 Å². The zero-order chi connectivity index (χ0) is 16.1. The smallest absolute Gasteiger partial charge is 0.350 e. The van der Waals surface area contributed by atoms with Gasteiger partial charge in [0.1, 0.15) is 4.88 Å². The molecule has 7 nitrogen and oxygen atoms in total. The fraction of sp³-hybridized carbons (Fsp3) is 0.500. The normalized spacial score (nSPS) is 16.5. The molecule has 0 saturated carbocycles. The number of thiophene rings is 1. The van der Waals surface area contributed by atoms with Crippen LogP contribution in [0, 0.1) is 0 Å². The summed E-state index contributed by atoms with van der Waals surface area (Å²) < 4.78 is 4.72. The first-order valence-electron chi connectivity index (χ1n) is 6.97. The van der Waals surface area contributed by atoms with E-state index in [1.54, 1.807) is 11.4 Å². The maximum atomic E-state index is 11.8. The second kappa shape index (κ2) is 7.37. The molecule has 0 bridgehead atoms. The Labute approximate surface area is 133 Å². The number of ketones is 1. The zero-order valence-electron chi connectivity index (χ0n) is 13.0. The standard InChI is InChI=1S/C14H20N4O3S/c1-10(19)13(18-7-5-17(2)6-8-18)16-15-11-4-9-22-12(11)14(20)21-3/h4,9,15H,5-8H2,1-3H3/b16-13+. The number of amidine groups is 1. The molecule has 0 amide bonds. The van der Waals surface area contributed by atoms with Crippen molar-refractivity contribution in [2.24, 2.45) is 5.10 Å². The maximum absolute atomic E-state index is 11.8. The molecule has 1 aliphatic rings. The topological polar surface area (TPSA) is 74.2 Å². The number of esters is 1. The molecule has 2 heterocycles. The van der Waals surface area contributed by atoms with Crippen molar-refractivity contribution in [2.75, 3.05) is 45.8 Å². The van der Waals surface area contributed by atoms with Gasteiger partial charge in [-0.05, 0) is 18.5 Å². The minimum atomic E-state index is -0.420. The Kier molecular flexibility index (Phi) is 5.51. The Bertz CT molecular complexity index is 576. The Morgan fingerprint density at radius 1 is 1.32 bits per heavy atom. The summed E-state index contributed by atoms with van der Waals surface area (Å²) in [6.07, 6.45) is 0. The molecule has 0 unspecified atom stereocenters. The predicted octanol–water partition coefficient (Wildman–Crippen LogP) is 1.10. The summed E-state index contributed by atoms with van der Waals surface area (Å²) in [7, 11) is 3.38. The molecular formula is C14H20N4O3S. The van der Waals surface area contributed by atoms with E-state index in [0.717, 1.165) is 26.2 Å². The molecule has 0 aliphatic carbocycles. The number of carbonyl (C=O) groups is 2. The van der Waals surface area contributed by atoms with Crippen LogP contribution in [0.5, 0.6) is 0 Å². The van der Waals surface area contributed by atoms with Crippen LogP contribution in [0.2, 0.25) is 0 Å². The fourth-order valence-electron chi connectivity index (χ4n) is 2.15. The Balaban J connectivity index is 2.13. The van der Waals surface area contributed by atoms with Gasteiger partial charge in [-0.1, -0.05) is 0 Å². The van der Waals surface area contributed by atoms with Gasteiger partial charge in [-0.15, -0.1) is 11.3 Å². The highest BCUT2D eigenvalue weighted by Crippen LogP contribution is 2.23. The summed E-state index contributed by atoms with van der Waals surface area (Å²) in [6.45, 7) is 4.78. The van der Waals surface area contributed by atoms with Crippen molar-refractivity contribution in [1.29, 1.82) is 0 Å². The first-order valence-corrected chi connectivity index (χ1v) is 7.85. The lowest BCUT2D eigenvalue weighted by atomic mass is 10.3. The van der Waals surface area contributed by atoms with Crippen LogP contribution in [-0.2, 0) is 9.53 Å². The van der Waals surface area contributed by atoms with Crippen LogP contribution >= 0.6 is 11.3 Å². The molecule has 22 heavy (non-hydrogen) atoms. The first kappa shape index (κ1) is 16.4. The number of hydrogen-bond donors (Lipinski definition) is 1. The predicted molar refractivity (Wildman–Crippen MR) is 86.5 cm³/mol. The largest absolute Gasteiger partial charge is 0.465 e. The van der Waals surface area contributed by atoms with Crippen molar-refractivity contribution < 1.29 is 14.3 Å². The fourth-order valence-corrected chi connectivity index (χ4v) is 2.91. The minimum Gasteiger partial charge on any atom is -0.465 e. The summed E-state index contributed by atoms with van der Waals surface area (Å²) in [5.41, 5.74) is 3.37. The number of hydrazone groups is 1. The van der Waals surface area contributed by atoms with Gasteiger partial charge >= 0.3 is 5.97 Å². The average Bonchev–Trinajstić information content (AvgIpc) is 2.96. The van der Waals surface area contributed by atoms with Gasteiger partial charge in [-0.25, -0.2) is 4.79 Å². The number of likely N-dealkylation sites (N-methyl/N-ethyl adjacent to an activating group) is 1. The molecule has 1 aromatic rings. The Morgan fingerprint density at radius 2 is 2.00 bits per heavy atom. The van der Waals surface area contributed by atoms with Crippen LogP contribution in [0.1, 0.15) is 16.6 Å². The number of nitrogens with one attached hydrogen (secondary N) is 1. The third kappa shape index (κ3) is 3.83. The van der Waals surface area contributed by atoms with Gasteiger partial charge in [0.2, 0.25) is 0 Å². The summed E-state index contributed by atoms with van der Waals surface area (Å²) in [5.74, 6) is -0.140. The lowest BCUT2D eigenvalue weighted by Crippen LogP contribution is -2.49. The minimum absolute atomic E-state index is 0.105. The van der Waals surface area contributed by atoms with E-state index in [0.29, 0.717) is 16.4 Å². The molecular weight excluding hydrogens is 304 g/mol. The van der Waals surface area contributed by atoms with E-state index in [4.69, 9.17) is 4.74 Å². The molecule has 0 spiro atoms. The molecule has 0 radical (unpaired) electrons. The highest BCUT2D eigenvalue weighted by molar-refractivity contribution is 7.12. The number of Topliss-reactive ketones (excluding diaryl/α,β-unsaturated/α-hetero) is 1. The van der Waals surface area contributed by atoms with Crippen molar-refractivity contribution in [1.82, 2.24) is 9.80 Å². The monoisotopic (exact) mass is 324 g/mol. The van der Waals surface area contributed by atoms with Gasteiger partial charge in [-0.3, -0.25) is 10.2 Å². The molecule has 1 aliphatic heterocycles. The summed E-state index contributed by atoms with van der Waals surface area (Å²) in [6, 6.07) is 1.74. The number of ether oxygens (including phenoxy) is 1. The highest BCUT2D eigenvalue weighted by atomic mass is 32.1. The van der Waals surface area contributed by atoms with Crippen LogP contribution in [-0.4, -0.2) is 67.7 Å². The molecule has 120 valence electrons. The number of piperazine rings is 1. The summed E-state index contributed by atoms with van der Waals surface area (Å²) in [5, 5.41) is 5.99. The quantitative estimate of drug-likeness (QED) is 0.387. The molecule has 0 atom stereocenters. The van der Waals surface area contributed by atoms with Gasteiger partial charge < -0.3 is 14.5 Å². The SMILES string of the molecule is COC(=O)c1sccc1N/N=C(\C(C)=O)N1CCN(C)CC1. The van der Waals surface area contributed by atoms with Crippen molar-refractivity contribution in [3.63, 3.8) is 0 Å². The number of nitrogens with zero attached hydrogens (tertiary/aromatic N) is 3. The number of hydrogen-bond acceptors (Lipinski definition) is 7. The zero-order valence-corrected chi connectivity index (χ0v) is 13.8. The molecule has 1 aromatic heterocycles. The molecule has 0 aromatic carbocycles. The molecule has 1 N–H and O–H groups in total. The molecule has 1 fully saturated rings. The third-order valence-electron chi connectivity index (χ3n) is 3.44. The van der Waals surface area contributed by atoms with Crippen LogP contribution in [0.3, 0.4) is 0 Å². The van der Waals surface area contributed by atoms with E-state index in [1.807, 2.05) is 11.9 Å². The van der Waals surface area contributed by atoms with Crippen molar-refractivity contribution in [2.45, 2.75) is 6.92 Å². The van der Waals surface area contributed by atoms with Crippen LogP contribution < -0.4 is 5.43 Å². The van der Waals surface area contributed by atoms with Crippen molar-refractivity contribution in [3.8, 4) is 0 Å². The molecule has 2 rings (SSSR count). The summed E-state index contributed by atoms with van der Waals surface area (Å²) >= 11 is 1.27. The van der Waals surface area contributed by atoms with E-state index in [1.165, 1.54) is 25.4 Å². The van der Waals surface area contributed by atoms with E-state index in [2.05, 4.69) is 15.4 Å². The lowest BCUT2D eigenvalue weighted by molar-refractivity contribution is -0.111. The summed E-state index contributed by atoms with van der Waals surface area (Å²) in [4.78, 5) is 28.1. The highest BCUT2D eigenvalue weighted by Gasteiger charge is 2.21. The number of carbonyl (C=O) groups excluding carboxylic acids is 2. The van der Waals surface area contributed by atoms with Crippen LogP contribution in [0.4, 0.5) is 5.69 Å². The maximum Gasteiger partial charge on any atom is 0.350 e. The first-order chi connectivity index (χ1) is 10.5. The lowest BCUT2D eigenvalue weighted by Gasteiger charge is -2.33. The van der Waals surface area contributed by atoms with Crippen LogP contribution in [0.25, 0.3) is 0 Å². The van der Waals surface area contributed by atoms with Gasteiger partial charge in [-0.2, -0.15) is 5.10 Å². The van der Waals surface area contributed by atoms with Gasteiger partial charge in [0.25, 0.3) is 0 Å².